The first-order valence-corrected chi connectivity index (χ1v) is 19.6. The molecule has 1 aliphatic heterocycles. The van der Waals surface area contributed by atoms with Crippen LogP contribution in [0.2, 0.25) is 0 Å². The molecule has 0 unspecified atom stereocenters. The monoisotopic (exact) mass is 823 g/mol. The van der Waals surface area contributed by atoms with Crippen molar-refractivity contribution in [3.8, 4) is 28.4 Å². The van der Waals surface area contributed by atoms with Crippen molar-refractivity contribution in [3.05, 3.63) is 113 Å². The summed E-state index contributed by atoms with van der Waals surface area (Å²) < 4.78 is 34.9. The lowest BCUT2D eigenvalue weighted by Crippen LogP contribution is -2.46. The van der Waals surface area contributed by atoms with Gasteiger partial charge in [0.05, 0.1) is 20.8 Å². The summed E-state index contributed by atoms with van der Waals surface area (Å²) in [6.07, 6.45) is -1.69. The molecule has 4 aromatic carbocycles. The summed E-state index contributed by atoms with van der Waals surface area (Å²) in [5, 5.41) is 5.45. The molecule has 60 heavy (non-hydrogen) atoms. The largest absolute Gasteiger partial charge is 0.492 e. The summed E-state index contributed by atoms with van der Waals surface area (Å²) in [7, 11) is 4.15. The second-order valence-corrected chi connectivity index (χ2v) is 15.4. The molecule has 0 aromatic heterocycles. The van der Waals surface area contributed by atoms with E-state index in [0.717, 1.165) is 11.1 Å². The van der Waals surface area contributed by atoms with Crippen LogP contribution in [0, 0.1) is 5.92 Å². The van der Waals surface area contributed by atoms with E-state index >= 15 is 0 Å². The highest BCUT2D eigenvalue weighted by Crippen LogP contribution is 2.45. The van der Waals surface area contributed by atoms with Gasteiger partial charge in [0.1, 0.15) is 43.3 Å². The van der Waals surface area contributed by atoms with Gasteiger partial charge in [-0.2, -0.15) is 0 Å². The SMILES string of the molecule is COC(=O)[C@@H]1Cc2ccc(OCc3ccccc3)c(c2)-c2cc(cc(OCCNC(=O)OC(C)(C)C)c2OC)[C@H](N(C)C(=O)OCc2ccccc2)C(=O)C[C@@H](C)C(=O)N1. The lowest BCUT2D eigenvalue weighted by atomic mass is 9.89. The molecular weight excluding hydrogens is 771 g/mol. The van der Waals surface area contributed by atoms with Gasteiger partial charge in [0.25, 0.3) is 0 Å². The van der Waals surface area contributed by atoms with Gasteiger partial charge in [0.2, 0.25) is 5.91 Å². The van der Waals surface area contributed by atoms with E-state index in [1.54, 1.807) is 52.0 Å². The number of ether oxygens (including phenoxy) is 6. The van der Waals surface area contributed by atoms with Crippen LogP contribution in [0.3, 0.4) is 0 Å². The van der Waals surface area contributed by atoms with Crippen molar-refractivity contribution in [1.82, 2.24) is 15.5 Å². The van der Waals surface area contributed by atoms with Gasteiger partial charge in [-0.1, -0.05) is 73.7 Å². The fourth-order valence-corrected chi connectivity index (χ4v) is 6.65. The Kier molecular flexibility index (Phi) is 15.1. The van der Waals surface area contributed by atoms with Gasteiger partial charge in [-0.15, -0.1) is 0 Å². The average Bonchev–Trinajstić information content (AvgIpc) is 3.22. The number of rotatable bonds is 12. The average molecular weight is 824 g/mol. The molecule has 1 heterocycles. The molecule has 3 atom stereocenters. The minimum atomic E-state index is -1.30. The van der Waals surface area contributed by atoms with Crippen molar-refractivity contribution >= 4 is 29.8 Å². The van der Waals surface area contributed by atoms with Gasteiger partial charge in [0.15, 0.2) is 17.3 Å². The van der Waals surface area contributed by atoms with Crippen molar-refractivity contribution in [2.24, 2.45) is 5.92 Å². The van der Waals surface area contributed by atoms with Crippen molar-refractivity contribution < 1.29 is 52.4 Å². The number of Topliss-reactive ketones (excluding diaryl/α,β-unsaturated/α-hetero) is 1. The van der Waals surface area contributed by atoms with E-state index in [9.17, 15) is 24.0 Å². The predicted molar refractivity (Wildman–Crippen MR) is 223 cm³/mol. The van der Waals surface area contributed by atoms with Crippen molar-refractivity contribution in [2.75, 3.05) is 34.4 Å². The number of carbonyl (C=O) groups excluding carboxylic acids is 5. The van der Waals surface area contributed by atoms with Crippen LogP contribution in [0.4, 0.5) is 9.59 Å². The third-order valence-corrected chi connectivity index (χ3v) is 9.58. The van der Waals surface area contributed by atoms with Crippen LogP contribution in [-0.4, -0.2) is 80.8 Å². The molecule has 1 aliphatic rings. The van der Waals surface area contributed by atoms with E-state index in [0.29, 0.717) is 28.0 Å². The van der Waals surface area contributed by atoms with Crippen molar-refractivity contribution in [2.45, 2.75) is 71.4 Å². The van der Waals surface area contributed by atoms with Crippen LogP contribution in [0.25, 0.3) is 11.1 Å². The number of alkyl carbamates (subject to hydrolysis) is 1. The third kappa shape index (κ3) is 12.0. The Labute approximate surface area is 350 Å². The summed E-state index contributed by atoms with van der Waals surface area (Å²) >= 11 is 0. The Morgan fingerprint density at radius 1 is 0.817 bits per heavy atom. The number of amides is 3. The maximum Gasteiger partial charge on any atom is 0.410 e. The van der Waals surface area contributed by atoms with E-state index in [4.69, 9.17) is 28.4 Å². The maximum atomic E-state index is 14.6. The molecule has 0 saturated carbocycles. The molecule has 0 saturated heterocycles. The molecule has 14 heteroatoms. The van der Waals surface area contributed by atoms with Gasteiger partial charge in [0, 0.05) is 36.9 Å². The molecule has 0 fully saturated rings. The number of fused-ring (bicyclic) bond motifs is 5. The van der Waals surface area contributed by atoms with E-state index in [1.807, 2.05) is 66.7 Å². The zero-order valence-corrected chi connectivity index (χ0v) is 35.1. The highest BCUT2D eigenvalue weighted by molar-refractivity contribution is 5.94. The predicted octanol–water partition coefficient (Wildman–Crippen LogP) is 6.96. The number of methoxy groups -OCH3 is 2. The van der Waals surface area contributed by atoms with Gasteiger partial charge in [-0.05, 0) is 67.3 Å². The molecule has 3 amide bonds. The quantitative estimate of drug-likeness (QED) is 0.0861. The van der Waals surface area contributed by atoms with Crippen LogP contribution in [-0.2, 0) is 48.2 Å². The molecule has 318 valence electrons. The summed E-state index contributed by atoms with van der Waals surface area (Å²) in [5.41, 5.74) is 2.83. The summed E-state index contributed by atoms with van der Waals surface area (Å²) in [5.74, 6) is -1.76. The molecule has 14 nitrogen and oxygen atoms in total. The van der Waals surface area contributed by atoms with Gasteiger partial charge >= 0.3 is 18.2 Å². The van der Waals surface area contributed by atoms with E-state index < -0.39 is 53.4 Å². The number of ketones is 1. The highest BCUT2D eigenvalue weighted by Gasteiger charge is 2.35. The first-order valence-electron chi connectivity index (χ1n) is 19.6. The highest BCUT2D eigenvalue weighted by atomic mass is 16.6. The Hall–Kier alpha value is -6.57. The minimum Gasteiger partial charge on any atom is -0.492 e. The molecule has 0 radical (unpaired) electrons. The van der Waals surface area contributed by atoms with E-state index in [1.165, 1.54) is 26.2 Å². The second kappa shape index (κ2) is 20.4. The van der Waals surface area contributed by atoms with Crippen molar-refractivity contribution in [3.63, 3.8) is 0 Å². The second-order valence-electron chi connectivity index (χ2n) is 15.4. The molecule has 0 aliphatic carbocycles. The number of nitrogens with one attached hydrogen (secondary N) is 2. The molecular formula is C46H53N3O11. The summed E-state index contributed by atoms with van der Waals surface area (Å²) in [6, 6.07) is 25.0. The first kappa shape index (κ1) is 44.5. The maximum absolute atomic E-state index is 14.6. The minimum absolute atomic E-state index is 0.0402. The molecule has 4 aromatic rings. The number of benzene rings is 4. The third-order valence-electron chi connectivity index (χ3n) is 9.58. The number of hydrogen-bond donors (Lipinski definition) is 2. The standard InChI is InChI=1S/C46H53N3O11/c1-29-22-37(50)40(49(5)45(54)59-28-31-16-12-9-13-17-31)33-25-35(41(55-6)39(26-33)57-21-20-47-44(53)60-46(2,3)4)34-23-32(24-36(43(52)56-7)48-42(29)51)18-19-38(34)58-27-30-14-10-8-11-15-30/h8-19,23,25-26,29,36,40H,20-22,24,27-28H2,1-7H3,(H,47,53)(H,48,51)/t29-,36+,40+/m1/s1. The molecule has 2 N–H and O–H groups in total. The fraction of sp³-hybridized carbons (Fsp3) is 0.370. The van der Waals surface area contributed by atoms with Crippen LogP contribution >= 0.6 is 0 Å². The van der Waals surface area contributed by atoms with Gasteiger partial charge in [-0.25, -0.2) is 14.4 Å². The van der Waals surface area contributed by atoms with Crippen LogP contribution in [0.5, 0.6) is 17.2 Å². The first-order chi connectivity index (χ1) is 28.7. The van der Waals surface area contributed by atoms with Crippen LogP contribution in [0.15, 0.2) is 91.0 Å². The fourth-order valence-electron chi connectivity index (χ4n) is 6.65. The van der Waals surface area contributed by atoms with Gasteiger partial charge in [-0.3, -0.25) is 14.5 Å². The summed E-state index contributed by atoms with van der Waals surface area (Å²) in [4.78, 5) is 68.8. The number of hydrogen-bond acceptors (Lipinski definition) is 11. The van der Waals surface area contributed by atoms with E-state index in [2.05, 4.69) is 10.6 Å². The lowest BCUT2D eigenvalue weighted by molar-refractivity contribution is -0.145. The topological polar surface area (TPSA) is 168 Å². The number of esters is 1. The normalized spacial score (nSPS) is 16.6. The molecule has 0 spiro atoms. The number of nitrogens with zero attached hydrogens (tertiary/aromatic N) is 1. The Balaban J connectivity index is 1.67. The lowest BCUT2D eigenvalue weighted by Gasteiger charge is -2.30. The zero-order valence-electron chi connectivity index (χ0n) is 35.1. The smallest absolute Gasteiger partial charge is 0.410 e. The summed E-state index contributed by atoms with van der Waals surface area (Å²) in [6.45, 7) is 6.99. The Bertz CT molecular complexity index is 2140. The Morgan fingerprint density at radius 2 is 1.48 bits per heavy atom. The molecule has 5 rings (SSSR count). The zero-order chi connectivity index (χ0) is 43.4. The Morgan fingerprint density at radius 3 is 2.12 bits per heavy atom. The number of carbonyl (C=O) groups is 5. The number of likely N-dealkylation sites (N-methyl/N-ethyl adjacent to an activating group) is 1. The van der Waals surface area contributed by atoms with Crippen LogP contribution < -0.4 is 24.8 Å². The van der Waals surface area contributed by atoms with Crippen LogP contribution in [0.1, 0.15) is 62.4 Å². The van der Waals surface area contributed by atoms with Gasteiger partial charge < -0.3 is 39.1 Å². The molecule has 4 bridgehead atoms. The van der Waals surface area contributed by atoms with Crippen molar-refractivity contribution in [1.29, 1.82) is 0 Å². The van der Waals surface area contributed by atoms with E-state index in [-0.39, 0.29) is 50.7 Å².